The van der Waals surface area contributed by atoms with Gasteiger partial charge in [-0.25, -0.2) is 4.68 Å². The Hall–Kier alpha value is -3.63. The number of fused-ring (bicyclic) bond motifs is 1. The fourth-order valence-electron chi connectivity index (χ4n) is 3.77. The van der Waals surface area contributed by atoms with Gasteiger partial charge in [0, 0.05) is 28.7 Å². The van der Waals surface area contributed by atoms with Gasteiger partial charge < -0.3 is 10.6 Å². The predicted octanol–water partition coefficient (Wildman–Crippen LogP) is 6.34. The van der Waals surface area contributed by atoms with Crippen LogP contribution in [0, 0.1) is 11.3 Å². The van der Waals surface area contributed by atoms with Gasteiger partial charge in [-0.05, 0) is 44.9 Å². The smallest absolute Gasteiger partial charge is 0.109 e. The van der Waals surface area contributed by atoms with Crippen LogP contribution in [0.1, 0.15) is 63.0 Å². The number of pyridine rings is 1. The maximum absolute atomic E-state index is 9.70. The van der Waals surface area contributed by atoms with Crippen molar-refractivity contribution >= 4 is 33.9 Å². The number of nitrogens with one attached hydrogen (secondary N) is 2. The molecular weight excluding hydrogens is 446 g/mol. The summed E-state index contributed by atoms with van der Waals surface area (Å²) < 4.78 is 1.84. The van der Waals surface area contributed by atoms with Crippen LogP contribution in [0.15, 0.2) is 54.9 Å². The molecule has 34 heavy (non-hydrogen) atoms. The lowest BCUT2D eigenvalue weighted by molar-refractivity contribution is 0.514. The van der Waals surface area contributed by atoms with Crippen molar-refractivity contribution in [3.8, 4) is 6.07 Å². The fourth-order valence-corrected chi connectivity index (χ4v) is 3.99. The SMILES string of the molecule is CC[C@H](C)Nc1c(C#N)cnc2c(N[C@@H](c3ccccc3)c3cn(C(C)C)nn3)cc(Cl)cc12. The Balaban J connectivity index is 1.85. The predicted molar refractivity (Wildman–Crippen MR) is 137 cm³/mol. The summed E-state index contributed by atoms with van der Waals surface area (Å²) >= 11 is 6.57. The first kappa shape index (κ1) is 23.5. The first-order chi connectivity index (χ1) is 16.4. The number of hydrogen-bond donors (Lipinski definition) is 2. The molecule has 0 aliphatic heterocycles. The van der Waals surface area contributed by atoms with Crippen molar-refractivity contribution in [2.75, 3.05) is 10.6 Å². The molecule has 174 valence electrons. The van der Waals surface area contributed by atoms with Crippen LogP contribution in [0.4, 0.5) is 11.4 Å². The summed E-state index contributed by atoms with van der Waals surface area (Å²) in [6, 6.07) is 16.2. The van der Waals surface area contributed by atoms with E-state index in [-0.39, 0.29) is 18.1 Å². The third kappa shape index (κ3) is 4.82. The summed E-state index contributed by atoms with van der Waals surface area (Å²) in [7, 11) is 0. The molecular formula is C26H28ClN7. The summed E-state index contributed by atoms with van der Waals surface area (Å²) in [5.41, 5.74) is 4.55. The van der Waals surface area contributed by atoms with Crippen LogP contribution < -0.4 is 10.6 Å². The van der Waals surface area contributed by atoms with E-state index in [1.165, 1.54) is 0 Å². The van der Waals surface area contributed by atoms with Crippen molar-refractivity contribution in [2.45, 2.75) is 52.2 Å². The quantitative estimate of drug-likeness (QED) is 0.310. The number of aromatic nitrogens is 4. The summed E-state index contributed by atoms with van der Waals surface area (Å²) in [4.78, 5) is 4.64. The van der Waals surface area contributed by atoms with Gasteiger partial charge >= 0.3 is 0 Å². The highest BCUT2D eigenvalue weighted by atomic mass is 35.5. The number of hydrogen-bond acceptors (Lipinski definition) is 6. The van der Waals surface area contributed by atoms with Gasteiger partial charge in [0.1, 0.15) is 11.8 Å². The monoisotopic (exact) mass is 473 g/mol. The highest BCUT2D eigenvalue weighted by Gasteiger charge is 2.21. The van der Waals surface area contributed by atoms with Gasteiger partial charge in [0.2, 0.25) is 0 Å². The first-order valence-corrected chi connectivity index (χ1v) is 11.8. The molecule has 2 atom stereocenters. The molecule has 0 fully saturated rings. The molecule has 4 aromatic rings. The average molecular weight is 474 g/mol. The van der Waals surface area contributed by atoms with E-state index in [9.17, 15) is 5.26 Å². The molecule has 0 aliphatic rings. The number of anilines is 2. The Labute approximate surface area is 204 Å². The van der Waals surface area contributed by atoms with E-state index in [0.717, 1.165) is 40.0 Å². The van der Waals surface area contributed by atoms with E-state index >= 15 is 0 Å². The molecule has 0 unspecified atom stereocenters. The number of rotatable bonds is 8. The zero-order valence-corrected chi connectivity index (χ0v) is 20.5. The van der Waals surface area contributed by atoms with Gasteiger partial charge in [-0.1, -0.05) is 54.1 Å². The second-order valence-electron chi connectivity index (χ2n) is 8.67. The van der Waals surface area contributed by atoms with E-state index in [0.29, 0.717) is 10.6 Å². The van der Waals surface area contributed by atoms with Crippen LogP contribution in [-0.4, -0.2) is 26.0 Å². The first-order valence-electron chi connectivity index (χ1n) is 11.4. The third-order valence-electron chi connectivity index (χ3n) is 5.85. The zero-order valence-electron chi connectivity index (χ0n) is 19.7. The molecule has 0 bridgehead atoms. The van der Waals surface area contributed by atoms with Crippen molar-refractivity contribution in [1.29, 1.82) is 5.26 Å². The third-order valence-corrected chi connectivity index (χ3v) is 6.06. The molecule has 2 aromatic heterocycles. The largest absolute Gasteiger partial charge is 0.381 e. The molecule has 2 heterocycles. The Morgan fingerprint density at radius 3 is 2.53 bits per heavy atom. The summed E-state index contributed by atoms with van der Waals surface area (Å²) in [5.74, 6) is 0. The average Bonchev–Trinajstić information content (AvgIpc) is 3.33. The lowest BCUT2D eigenvalue weighted by Crippen LogP contribution is -2.16. The second kappa shape index (κ2) is 10.1. The van der Waals surface area contributed by atoms with Gasteiger partial charge in [-0.15, -0.1) is 5.10 Å². The normalized spacial score (nSPS) is 13.0. The number of nitrogens with zero attached hydrogens (tertiary/aromatic N) is 5. The molecule has 4 rings (SSSR count). The topological polar surface area (TPSA) is 91.5 Å². The summed E-state index contributed by atoms with van der Waals surface area (Å²) in [6.45, 7) is 8.31. The number of nitriles is 1. The molecule has 8 heteroatoms. The van der Waals surface area contributed by atoms with Crippen LogP contribution >= 0.6 is 11.6 Å². The minimum absolute atomic E-state index is 0.191. The van der Waals surface area contributed by atoms with E-state index in [2.05, 4.69) is 71.8 Å². The second-order valence-corrected chi connectivity index (χ2v) is 9.10. The summed E-state index contributed by atoms with van der Waals surface area (Å²) in [6.07, 6.45) is 4.49. The fraction of sp³-hybridized carbons (Fsp3) is 0.308. The molecule has 0 amide bonds. The zero-order chi connectivity index (χ0) is 24.2. The molecule has 7 nitrogen and oxygen atoms in total. The lowest BCUT2D eigenvalue weighted by Gasteiger charge is -2.21. The van der Waals surface area contributed by atoms with E-state index < -0.39 is 0 Å². The molecule has 0 radical (unpaired) electrons. The van der Waals surface area contributed by atoms with Gasteiger partial charge in [-0.2, -0.15) is 5.26 Å². The molecule has 0 aliphatic carbocycles. The van der Waals surface area contributed by atoms with Crippen LogP contribution in [0.25, 0.3) is 10.9 Å². The van der Waals surface area contributed by atoms with Crippen LogP contribution in [0.2, 0.25) is 5.02 Å². The standard InChI is InChI=1S/C26H28ClN7/c1-5-17(4)30-24-19(13-28)14-29-26-21(24)11-20(27)12-22(26)31-25(18-9-7-6-8-10-18)23-15-34(16(2)3)33-32-23/h6-12,14-17,25,31H,5H2,1-4H3,(H,29,30)/t17-,25-/m0/s1. The maximum atomic E-state index is 9.70. The summed E-state index contributed by atoms with van der Waals surface area (Å²) in [5, 5.41) is 26.9. The van der Waals surface area contributed by atoms with Crippen molar-refractivity contribution in [3.05, 3.63) is 76.7 Å². The van der Waals surface area contributed by atoms with Gasteiger partial charge in [-0.3, -0.25) is 4.98 Å². The minimum atomic E-state index is -0.265. The van der Waals surface area contributed by atoms with Gasteiger partial charge in [0.25, 0.3) is 0 Å². The highest BCUT2D eigenvalue weighted by molar-refractivity contribution is 6.32. The number of halogens is 1. The minimum Gasteiger partial charge on any atom is -0.381 e. The van der Waals surface area contributed by atoms with E-state index in [4.69, 9.17) is 11.6 Å². The molecule has 0 spiro atoms. The van der Waals surface area contributed by atoms with Crippen LogP contribution in [-0.2, 0) is 0 Å². The van der Waals surface area contributed by atoms with Crippen LogP contribution in [0.3, 0.4) is 0 Å². The number of benzene rings is 2. The molecule has 2 N–H and O–H groups in total. The molecule has 0 saturated heterocycles. The van der Waals surface area contributed by atoms with Gasteiger partial charge in [0.15, 0.2) is 0 Å². The van der Waals surface area contributed by atoms with Crippen molar-refractivity contribution in [1.82, 2.24) is 20.0 Å². The van der Waals surface area contributed by atoms with E-state index in [1.807, 2.05) is 41.2 Å². The van der Waals surface area contributed by atoms with Crippen molar-refractivity contribution < 1.29 is 0 Å². The Bertz CT molecular complexity index is 1320. The maximum Gasteiger partial charge on any atom is 0.109 e. The van der Waals surface area contributed by atoms with Gasteiger partial charge in [0.05, 0.1) is 34.7 Å². The Morgan fingerprint density at radius 1 is 1.12 bits per heavy atom. The van der Waals surface area contributed by atoms with Crippen molar-refractivity contribution in [2.24, 2.45) is 0 Å². The molecule has 0 saturated carbocycles. The molecule has 2 aromatic carbocycles. The van der Waals surface area contributed by atoms with Crippen molar-refractivity contribution in [3.63, 3.8) is 0 Å². The Kier molecular flexibility index (Phi) is 6.99. The highest BCUT2D eigenvalue weighted by Crippen LogP contribution is 2.36. The Morgan fingerprint density at radius 2 is 1.88 bits per heavy atom. The van der Waals surface area contributed by atoms with E-state index in [1.54, 1.807) is 6.20 Å². The van der Waals surface area contributed by atoms with Crippen LogP contribution in [0.5, 0.6) is 0 Å². The lowest BCUT2D eigenvalue weighted by atomic mass is 10.0.